The minimum atomic E-state index is 0.189. The Morgan fingerprint density at radius 2 is 2.00 bits per heavy atom. The van der Waals surface area contributed by atoms with Gasteiger partial charge in [0.1, 0.15) is 0 Å². The van der Waals surface area contributed by atoms with Gasteiger partial charge >= 0.3 is 0 Å². The molecule has 1 aromatic heterocycles. The van der Waals surface area contributed by atoms with Gasteiger partial charge in [0, 0.05) is 4.88 Å². The molecule has 2 nitrogen and oxygen atoms in total. The van der Waals surface area contributed by atoms with E-state index in [0.29, 0.717) is 15.7 Å². The molecule has 0 amide bonds. The van der Waals surface area contributed by atoms with Gasteiger partial charge in [-0.05, 0) is 30.5 Å². The van der Waals surface area contributed by atoms with E-state index in [1.807, 2.05) is 11.4 Å². The Hall–Kier alpha value is -0.900. The highest BCUT2D eigenvalue weighted by atomic mass is 35.5. The van der Waals surface area contributed by atoms with Crippen LogP contribution in [0.25, 0.3) is 0 Å². The lowest BCUT2D eigenvalue weighted by Gasteiger charge is -2.16. The molecule has 1 atom stereocenters. The van der Waals surface area contributed by atoms with Gasteiger partial charge in [0.25, 0.3) is 0 Å². The first kappa shape index (κ1) is 12.6. The molecular weight excluding hydrogens is 275 g/mol. The molecule has 3 N–H and O–H groups in total. The van der Waals surface area contributed by atoms with Gasteiger partial charge in [0.2, 0.25) is 0 Å². The summed E-state index contributed by atoms with van der Waals surface area (Å²) in [4.78, 5) is 1.25. The van der Waals surface area contributed by atoms with Crippen LogP contribution in [0.2, 0.25) is 10.0 Å². The van der Waals surface area contributed by atoms with Crippen molar-refractivity contribution in [2.45, 2.75) is 13.0 Å². The van der Waals surface area contributed by atoms with Crippen LogP contribution in [0.5, 0.6) is 0 Å². The predicted octanol–water partition coefficient (Wildman–Crippen LogP) is 4.81. The van der Waals surface area contributed by atoms with Gasteiger partial charge in [-0.25, -0.2) is 0 Å². The summed E-state index contributed by atoms with van der Waals surface area (Å²) in [6.07, 6.45) is 0. The number of nitrogens with two attached hydrogens (primary N) is 1. The van der Waals surface area contributed by atoms with Gasteiger partial charge < -0.3 is 11.1 Å². The largest absolute Gasteiger partial charge is 0.397 e. The molecule has 1 heterocycles. The number of anilines is 2. The fourth-order valence-corrected chi connectivity index (χ4v) is 2.60. The van der Waals surface area contributed by atoms with E-state index < -0.39 is 0 Å². The highest BCUT2D eigenvalue weighted by Gasteiger charge is 2.10. The van der Waals surface area contributed by atoms with Crippen molar-refractivity contribution in [2.24, 2.45) is 0 Å². The van der Waals surface area contributed by atoms with Gasteiger partial charge in [-0.2, -0.15) is 0 Å². The van der Waals surface area contributed by atoms with E-state index in [2.05, 4.69) is 18.3 Å². The van der Waals surface area contributed by atoms with Crippen LogP contribution >= 0.6 is 34.5 Å². The first-order chi connectivity index (χ1) is 8.08. The molecule has 0 bridgehead atoms. The molecule has 0 radical (unpaired) electrons. The van der Waals surface area contributed by atoms with Crippen molar-refractivity contribution in [1.29, 1.82) is 0 Å². The van der Waals surface area contributed by atoms with Gasteiger partial charge in [-0.15, -0.1) is 11.3 Å². The molecule has 0 saturated carbocycles. The van der Waals surface area contributed by atoms with Crippen molar-refractivity contribution in [1.82, 2.24) is 0 Å². The molecule has 0 aliphatic rings. The van der Waals surface area contributed by atoms with Crippen molar-refractivity contribution in [3.63, 3.8) is 0 Å². The second kappa shape index (κ2) is 5.17. The van der Waals surface area contributed by atoms with E-state index in [9.17, 15) is 0 Å². The van der Waals surface area contributed by atoms with E-state index >= 15 is 0 Å². The standard InChI is InChI=1S/C12H12Cl2N2S/c1-7(12-3-2-4-17-12)16-11-6-9(14)8(13)5-10(11)15/h2-7,16H,15H2,1H3. The Labute approximate surface area is 114 Å². The lowest BCUT2D eigenvalue weighted by Crippen LogP contribution is -2.07. The molecule has 2 rings (SSSR count). The Morgan fingerprint density at radius 1 is 1.29 bits per heavy atom. The Kier molecular flexibility index (Phi) is 3.82. The summed E-state index contributed by atoms with van der Waals surface area (Å²) < 4.78 is 0. The normalized spacial score (nSPS) is 12.4. The number of rotatable bonds is 3. The van der Waals surface area contributed by atoms with Crippen LogP contribution in [0.15, 0.2) is 29.6 Å². The maximum absolute atomic E-state index is 5.97. The molecule has 0 spiro atoms. The maximum atomic E-state index is 5.97. The number of nitrogen functional groups attached to an aromatic ring is 1. The maximum Gasteiger partial charge on any atom is 0.0614 e. The summed E-state index contributed by atoms with van der Waals surface area (Å²) in [5, 5.41) is 6.34. The second-order valence-electron chi connectivity index (χ2n) is 3.74. The van der Waals surface area contributed by atoms with Crippen molar-refractivity contribution in [3.8, 4) is 0 Å². The van der Waals surface area contributed by atoms with E-state index in [1.165, 1.54) is 4.88 Å². The van der Waals surface area contributed by atoms with Gasteiger partial charge in [-0.3, -0.25) is 0 Å². The van der Waals surface area contributed by atoms with Gasteiger partial charge in [0.15, 0.2) is 0 Å². The number of hydrogen-bond donors (Lipinski definition) is 2. The van der Waals surface area contributed by atoms with Crippen LogP contribution in [-0.2, 0) is 0 Å². The molecule has 0 aliphatic carbocycles. The first-order valence-corrected chi connectivity index (χ1v) is 6.76. The molecule has 0 saturated heterocycles. The minimum Gasteiger partial charge on any atom is -0.397 e. The van der Waals surface area contributed by atoms with Crippen LogP contribution < -0.4 is 11.1 Å². The molecule has 0 fully saturated rings. The summed E-state index contributed by atoms with van der Waals surface area (Å²) in [5.74, 6) is 0. The van der Waals surface area contributed by atoms with Crippen LogP contribution in [0.1, 0.15) is 17.8 Å². The molecule has 2 aromatic rings. The van der Waals surface area contributed by atoms with Crippen molar-refractivity contribution in [3.05, 3.63) is 44.6 Å². The number of halogens is 2. The SMILES string of the molecule is CC(Nc1cc(Cl)c(Cl)cc1N)c1cccs1. The molecule has 5 heteroatoms. The quantitative estimate of drug-likeness (QED) is 0.795. The molecule has 1 aromatic carbocycles. The molecular formula is C12H12Cl2N2S. The summed E-state index contributed by atoms with van der Waals surface area (Å²) in [6.45, 7) is 2.08. The van der Waals surface area contributed by atoms with Gasteiger partial charge in [-0.1, -0.05) is 29.3 Å². The van der Waals surface area contributed by atoms with Crippen molar-refractivity contribution in [2.75, 3.05) is 11.1 Å². The van der Waals surface area contributed by atoms with Crippen LogP contribution in [0.3, 0.4) is 0 Å². The summed E-state index contributed by atoms with van der Waals surface area (Å²) in [5.41, 5.74) is 7.30. The Bertz CT molecular complexity index is 511. The van der Waals surface area contributed by atoms with E-state index in [1.54, 1.807) is 23.5 Å². The first-order valence-electron chi connectivity index (χ1n) is 5.12. The minimum absolute atomic E-state index is 0.189. The smallest absolute Gasteiger partial charge is 0.0614 e. The lowest BCUT2D eigenvalue weighted by molar-refractivity contribution is 0.909. The monoisotopic (exact) mass is 286 g/mol. The number of nitrogens with one attached hydrogen (secondary N) is 1. The van der Waals surface area contributed by atoms with E-state index in [-0.39, 0.29) is 6.04 Å². The number of hydrogen-bond acceptors (Lipinski definition) is 3. The average molecular weight is 287 g/mol. The zero-order chi connectivity index (χ0) is 12.4. The summed E-state index contributed by atoms with van der Waals surface area (Å²) in [7, 11) is 0. The van der Waals surface area contributed by atoms with Crippen LogP contribution in [0, 0.1) is 0 Å². The summed E-state index contributed by atoms with van der Waals surface area (Å²) >= 11 is 13.6. The molecule has 0 aliphatic heterocycles. The zero-order valence-corrected chi connectivity index (χ0v) is 11.5. The highest BCUT2D eigenvalue weighted by Crippen LogP contribution is 2.33. The number of thiophene rings is 1. The molecule has 90 valence electrons. The predicted molar refractivity (Wildman–Crippen MR) is 77.2 cm³/mol. The van der Waals surface area contributed by atoms with E-state index in [4.69, 9.17) is 28.9 Å². The van der Waals surface area contributed by atoms with Crippen LogP contribution in [0.4, 0.5) is 11.4 Å². The summed E-state index contributed by atoms with van der Waals surface area (Å²) in [6, 6.07) is 7.71. The topological polar surface area (TPSA) is 38.0 Å². The second-order valence-corrected chi connectivity index (χ2v) is 5.53. The third kappa shape index (κ3) is 2.86. The molecule has 17 heavy (non-hydrogen) atoms. The average Bonchev–Trinajstić information content (AvgIpc) is 2.79. The van der Waals surface area contributed by atoms with Crippen LogP contribution in [-0.4, -0.2) is 0 Å². The Morgan fingerprint density at radius 3 is 2.65 bits per heavy atom. The fourth-order valence-electron chi connectivity index (χ4n) is 1.53. The van der Waals surface area contributed by atoms with Crippen molar-refractivity contribution >= 4 is 45.9 Å². The third-order valence-electron chi connectivity index (χ3n) is 2.43. The highest BCUT2D eigenvalue weighted by molar-refractivity contribution is 7.10. The zero-order valence-electron chi connectivity index (χ0n) is 9.21. The van der Waals surface area contributed by atoms with E-state index in [0.717, 1.165) is 5.69 Å². The van der Waals surface area contributed by atoms with Gasteiger partial charge in [0.05, 0.1) is 27.5 Å². The third-order valence-corrected chi connectivity index (χ3v) is 4.21. The lowest BCUT2D eigenvalue weighted by atomic mass is 10.2. The Balaban J connectivity index is 2.22. The molecule has 1 unspecified atom stereocenters. The van der Waals surface area contributed by atoms with Crippen molar-refractivity contribution < 1.29 is 0 Å². The fraction of sp³-hybridized carbons (Fsp3) is 0.167. The number of benzene rings is 1.